The fourth-order valence-electron chi connectivity index (χ4n) is 3.55. The number of fused-ring (bicyclic) bond motifs is 1. The van der Waals surface area contributed by atoms with Gasteiger partial charge in [-0.1, -0.05) is 13.0 Å². The molecule has 5 aromatic rings. The Kier molecular flexibility index (Phi) is 4.55. The van der Waals surface area contributed by atoms with Gasteiger partial charge in [0.05, 0.1) is 17.6 Å². The highest BCUT2D eigenvalue weighted by atomic mass is 19.1. The van der Waals surface area contributed by atoms with Gasteiger partial charge in [-0.25, -0.2) is 15.0 Å². The predicted molar refractivity (Wildman–Crippen MR) is 108 cm³/mol. The highest BCUT2D eigenvalue weighted by Gasteiger charge is 2.16. The van der Waals surface area contributed by atoms with Crippen LogP contribution in [0.25, 0.3) is 34.0 Å². The van der Waals surface area contributed by atoms with E-state index in [-0.39, 0.29) is 0 Å². The number of halogens is 1. The van der Waals surface area contributed by atoms with Gasteiger partial charge in [0.15, 0.2) is 5.82 Å². The largest absolute Gasteiger partial charge is 0.423 e. The molecule has 4 aromatic heterocycles. The lowest BCUT2D eigenvalue weighted by Gasteiger charge is -2.11. The summed E-state index contributed by atoms with van der Waals surface area (Å²) < 4.78 is 23.0. The third-order valence-corrected chi connectivity index (χ3v) is 4.85. The SMILES string of the molecule is CCCn1c(Cn2ccnc2-c2cccc(F)n2)nc2ccc(-c3nnco3)cc21. The maximum atomic E-state index is 13.6. The smallest absolute Gasteiger partial charge is 0.247 e. The van der Waals surface area contributed by atoms with Gasteiger partial charge in [0.1, 0.15) is 11.5 Å². The number of nitrogens with zero attached hydrogens (tertiary/aromatic N) is 7. The molecule has 8 nitrogen and oxygen atoms in total. The maximum Gasteiger partial charge on any atom is 0.247 e. The Hall–Kier alpha value is -3.88. The zero-order valence-electron chi connectivity index (χ0n) is 16.2. The summed E-state index contributed by atoms with van der Waals surface area (Å²) in [5, 5.41) is 7.75. The van der Waals surface area contributed by atoms with E-state index in [4.69, 9.17) is 9.40 Å². The van der Waals surface area contributed by atoms with E-state index >= 15 is 0 Å². The molecule has 0 aliphatic heterocycles. The van der Waals surface area contributed by atoms with E-state index in [1.54, 1.807) is 18.3 Å². The van der Waals surface area contributed by atoms with Crippen LogP contribution in [-0.4, -0.2) is 34.3 Å². The molecule has 0 spiro atoms. The fraction of sp³-hybridized carbons (Fsp3) is 0.190. The van der Waals surface area contributed by atoms with E-state index in [1.165, 1.54) is 12.5 Å². The maximum absolute atomic E-state index is 13.6. The number of hydrogen-bond donors (Lipinski definition) is 0. The van der Waals surface area contributed by atoms with Crippen molar-refractivity contribution in [3.8, 4) is 23.0 Å². The highest BCUT2D eigenvalue weighted by molar-refractivity contribution is 5.81. The molecule has 0 atom stereocenters. The Morgan fingerprint density at radius 3 is 2.87 bits per heavy atom. The van der Waals surface area contributed by atoms with Crippen LogP contribution in [0.4, 0.5) is 4.39 Å². The molecule has 0 fully saturated rings. The summed E-state index contributed by atoms with van der Waals surface area (Å²) in [6.07, 6.45) is 5.80. The first-order valence-corrected chi connectivity index (χ1v) is 9.62. The molecule has 0 aliphatic rings. The molecule has 0 amide bonds. The van der Waals surface area contributed by atoms with E-state index in [0.29, 0.717) is 24.0 Å². The van der Waals surface area contributed by atoms with E-state index in [2.05, 4.69) is 31.7 Å². The molecule has 0 saturated heterocycles. The first kappa shape index (κ1) is 18.2. The van der Waals surface area contributed by atoms with Gasteiger partial charge < -0.3 is 13.6 Å². The number of imidazole rings is 2. The monoisotopic (exact) mass is 403 g/mol. The third kappa shape index (κ3) is 3.24. The van der Waals surface area contributed by atoms with Gasteiger partial charge in [0.25, 0.3) is 0 Å². The second kappa shape index (κ2) is 7.51. The molecule has 30 heavy (non-hydrogen) atoms. The van der Waals surface area contributed by atoms with Crippen molar-refractivity contribution >= 4 is 11.0 Å². The van der Waals surface area contributed by atoms with Crippen molar-refractivity contribution in [1.82, 2.24) is 34.3 Å². The van der Waals surface area contributed by atoms with Crippen LogP contribution >= 0.6 is 0 Å². The molecule has 0 unspecified atom stereocenters. The van der Waals surface area contributed by atoms with Crippen LogP contribution in [-0.2, 0) is 13.1 Å². The molecule has 0 aliphatic carbocycles. The Bertz CT molecular complexity index is 1310. The minimum Gasteiger partial charge on any atom is -0.423 e. The van der Waals surface area contributed by atoms with Crippen molar-refractivity contribution in [2.45, 2.75) is 26.4 Å². The first-order chi connectivity index (χ1) is 14.7. The summed E-state index contributed by atoms with van der Waals surface area (Å²) in [5.41, 5.74) is 3.20. The van der Waals surface area contributed by atoms with Crippen molar-refractivity contribution in [2.75, 3.05) is 0 Å². The Morgan fingerprint density at radius 2 is 2.07 bits per heavy atom. The molecule has 0 N–H and O–H groups in total. The lowest BCUT2D eigenvalue weighted by Crippen LogP contribution is -2.10. The van der Waals surface area contributed by atoms with Gasteiger partial charge in [-0.05, 0) is 36.8 Å². The zero-order valence-corrected chi connectivity index (χ0v) is 16.2. The number of pyridine rings is 1. The topological polar surface area (TPSA) is 87.5 Å². The standard InChI is InChI=1S/C21H18FN7O/c1-2-9-29-17-11-14(21-27-24-13-30-21)6-7-15(17)26-19(29)12-28-10-8-23-20(28)16-4-3-5-18(22)25-16/h3-8,10-11,13H,2,9,12H2,1H3. The van der Waals surface area contributed by atoms with Crippen LogP contribution < -0.4 is 0 Å². The van der Waals surface area contributed by atoms with Gasteiger partial charge in [-0.2, -0.15) is 4.39 Å². The van der Waals surface area contributed by atoms with Crippen LogP contribution in [0.2, 0.25) is 0 Å². The lowest BCUT2D eigenvalue weighted by molar-refractivity contribution is 0.568. The molecule has 4 heterocycles. The Balaban J connectivity index is 1.57. The zero-order chi connectivity index (χ0) is 20.5. The minimum atomic E-state index is -0.533. The average Bonchev–Trinajstić information content (AvgIpc) is 3.49. The van der Waals surface area contributed by atoms with Crippen LogP contribution in [0.15, 0.2) is 59.6 Å². The summed E-state index contributed by atoms with van der Waals surface area (Å²) in [6.45, 7) is 3.41. The second-order valence-electron chi connectivity index (χ2n) is 6.85. The first-order valence-electron chi connectivity index (χ1n) is 9.62. The number of aryl methyl sites for hydroxylation is 1. The van der Waals surface area contributed by atoms with Gasteiger partial charge in [0.2, 0.25) is 18.2 Å². The van der Waals surface area contributed by atoms with Crippen molar-refractivity contribution in [2.24, 2.45) is 0 Å². The number of benzene rings is 1. The lowest BCUT2D eigenvalue weighted by atomic mass is 10.2. The van der Waals surface area contributed by atoms with Gasteiger partial charge >= 0.3 is 0 Å². The fourth-order valence-corrected chi connectivity index (χ4v) is 3.55. The van der Waals surface area contributed by atoms with Crippen molar-refractivity contribution in [3.05, 3.63) is 67.0 Å². The van der Waals surface area contributed by atoms with Crippen molar-refractivity contribution in [1.29, 1.82) is 0 Å². The van der Waals surface area contributed by atoms with Crippen LogP contribution in [0.3, 0.4) is 0 Å². The summed E-state index contributed by atoms with van der Waals surface area (Å²) in [6, 6.07) is 10.6. The van der Waals surface area contributed by atoms with E-state index in [9.17, 15) is 4.39 Å². The summed E-state index contributed by atoms with van der Waals surface area (Å²) in [7, 11) is 0. The molecule has 0 saturated carbocycles. The van der Waals surface area contributed by atoms with Crippen molar-refractivity contribution < 1.29 is 8.81 Å². The van der Waals surface area contributed by atoms with Crippen LogP contribution in [0.5, 0.6) is 0 Å². The van der Waals surface area contributed by atoms with E-state index in [0.717, 1.165) is 35.4 Å². The minimum absolute atomic E-state index is 0.469. The summed E-state index contributed by atoms with van der Waals surface area (Å²) in [4.78, 5) is 13.2. The third-order valence-electron chi connectivity index (χ3n) is 4.85. The van der Waals surface area contributed by atoms with E-state index < -0.39 is 5.95 Å². The van der Waals surface area contributed by atoms with Gasteiger partial charge in [-0.15, -0.1) is 10.2 Å². The molecular formula is C21H18FN7O. The number of rotatable bonds is 6. The number of hydrogen-bond acceptors (Lipinski definition) is 6. The summed E-state index contributed by atoms with van der Waals surface area (Å²) >= 11 is 0. The molecule has 1 aromatic carbocycles. The van der Waals surface area contributed by atoms with Gasteiger partial charge in [0, 0.05) is 24.5 Å². The van der Waals surface area contributed by atoms with Crippen molar-refractivity contribution in [3.63, 3.8) is 0 Å². The number of aromatic nitrogens is 7. The van der Waals surface area contributed by atoms with Gasteiger partial charge in [-0.3, -0.25) is 0 Å². The molecule has 0 bridgehead atoms. The normalized spacial score (nSPS) is 11.4. The molecular weight excluding hydrogens is 385 g/mol. The van der Waals surface area contributed by atoms with Crippen LogP contribution in [0.1, 0.15) is 19.2 Å². The van der Waals surface area contributed by atoms with Crippen LogP contribution in [0, 0.1) is 5.95 Å². The van der Waals surface area contributed by atoms with E-state index in [1.807, 2.05) is 29.0 Å². The Morgan fingerprint density at radius 1 is 1.13 bits per heavy atom. The molecule has 0 radical (unpaired) electrons. The molecule has 150 valence electrons. The quantitative estimate of drug-likeness (QED) is 0.399. The second-order valence-corrected chi connectivity index (χ2v) is 6.85. The molecule has 5 rings (SSSR count). The average molecular weight is 403 g/mol. The summed E-state index contributed by atoms with van der Waals surface area (Å²) in [5.74, 6) is 1.41. The molecule has 9 heteroatoms. The highest BCUT2D eigenvalue weighted by Crippen LogP contribution is 2.25. The Labute approximate surface area is 171 Å². The predicted octanol–water partition coefficient (Wildman–Crippen LogP) is 3.94.